The van der Waals surface area contributed by atoms with Gasteiger partial charge in [0.2, 0.25) is 0 Å². The van der Waals surface area contributed by atoms with Crippen LogP contribution in [0.2, 0.25) is 5.04 Å². The monoisotopic (exact) mass is 534 g/mol. The smallest absolute Gasteiger partial charge is 0.261 e. The van der Waals surface area contributed by atoms with Gasteiger partial charge in [-0.3, -0.25) is 0 Å². The fourth-order valence-electron chi connectivity index (χ4n) is 8.13. The van der Waals surface area contributed by atoms with E-state index in [1.54, 1.807) is 7.11 Å². The molecule has 5 nitrogen and oxygen atoms in total. The zero-order valence-electron chi connectivity index (χ0n) is 23.2. The summed E-state index contributed by atoms with van der Waals surface area (Å²) in [7, 11) is -0.901. The number of allylic oxidation sites excluding steroid dienone is 1. The van der Waals surface area contributed by atoms with Crippen LogP contribution in [-0.4, -0.2) is 58.3 Å². The topological polar surface area (TPSA) is 60.5 Å². The highest BCUT2D eigenvalue weighted by Gasteiger charge is 2.69. The first kappa shape index (κ1) is 26.4. The van der Waals surface area contributed by atoms with Crippen LogP contribution in [0.3, 0.4) is 0 Å². The SMILES string of the molecule is CO[C@@H]1O[C@@H]2C3=CCC[C@@H]2[C@@]2(CO2)[C@H](CO)C[C@@]31CCO[Si](c1ccccc1)(c1ccccc1)C(C)(C)C. The Morgan fingerprint density at radius 2 is 1.66 bits per heavy atom. The molecule has 204 valence electrons. The van der Waals surface area contributed by atoms with Crippen molar-refractivity contribution in [3.05, 3.63) is 72.3 Å². The third-order valence-corrected chi connectivity index (χ3v) is 15.0. The second-order valence-corrected chi connectivity index (χ2v) is 17.0. The van der Waals surface area contributed by atoms with Crippen molar-refractivity contribution in [2.24, 2.45) is 17.3 Å². The lowest BCUT2D eigenvalue weighted by atomic mass is 9.71. The van der Waals surface area contributed by atoms with Crippen LogP contribution in [-0.2, 0) is 18.6 Å². The Kier molecular flexibility index (Phi) is 6.73. The minimum Gasteiger partial charge on any atom is -0.407 e. The molecule has 2 aromatic carbocycles. The van der Waals surface area contributed by atoms with E-state index in [-0.39, 0.29) is 46.9 Å². The normalized spacial score (nSPS) is 34.2. The van der Waals surface area contributed by atoms with E-state index >= 15 is 0 Å². The van der Waals surface area contributed by atoms with Crippen LogP contribution in [0.4, 0.5) is 0 Å². The molecule has 38 heavy (non-hydrogen) atoms. The molecule has 1 N–H and O–H groups in total. The predicted molar refractivity (Wildman–Crippen MR) is 151 cm³/mol. The van der Waals surface area contributed by atoms with E-state index < -0.39 is 8.32 Å². The Morgan fingerprint density at radius 3 is 2.18 bits per heavy atom. The predicted octanol–water partition coefficient (Wildman–Crippen LogP) is 4.43. The van der Waals surface area contributed by atoms with Gasteiger partial charge in [-0.2, -0.15) is 0 Å². The molecule has 6 rings (SSSR count). The van der Waals surface area contributed by atoms with Crippen molar-refractivity contribution in [1.82, 2.24) is 0 Å². The van der Waals surface area contributed by atoms with E-state index in [0.717, 1.165) is 32.3 Å². The van der Waals surface area contributed by atoms with Crippen molar-refractivity contribution in [3.8, 4) is 0 Å². The highest BCUT2D eigenvalue weighted by molar-refractivity contribution is 6.99. The zero-order chi connectivity index (χ0) is 26.6. The molecule has 2 aliphatic heterocycles. The number of fused-ring (bicyclic) bond motifs is 1. The van der Waals surface area contributed by atoms with Crippen molar-refractivity contribution in [1.29, 1.82) is 0 Å². The Balaban J connectivity index is 1.38. The molecule has 1 spiro atoms. The first-order chi connectivity index (χ1) is 18.3. The average Bonchev–Trinajstić information content (AvgIpc) is 3.67. The van der Waals surface area contributed by atoms with E-state index in [0.29, 0.717) is 6.61 Å². The van der Waals surface area contributed by atoms with Gasteiger partial charge in [-0.1, -0.05) is 87.5 Å². The lowest BCUT2D eigenvalue weighted by molar-refractivity contribution is -0.190. The Morgan fingerprint density at radius 1 is 1.03 bits per heavy atom. The van der Waals surface area contributed by atoms with Crippen LogP contribution in [0, 0.1) is 17.3 Å². The van der Waals surface area contributed by atoms with Crippen molar-refractivity contribution >= 4 is 18.7 Å². The van der Waals surface area contributed by atoms with Crippen LogP contribution in [0.25, 0.3) is 0 Å². The fourth-order valence-corrected chi connectivity index (χ4v) is 12.7. The molecule has 4 aliphatic rings. The molecular formula is C32H42O5Si. The van der Waals surface area contributed by atoms with Gasteiger partial charge in [0.25, 0.3) is 8.32 Å². The minimum atomic E-state index is -2.66. The minimum absolute atomic E-state index is 0.000569. The van der Waals surface area contributed by atoms with E-state index in [9.17, 15) is 5.11 Å². The van der Waals surface area contributed by atoms with Gasteiger partial charge >= 0.3 is 0 Å². The molecule has 0 amide bonds. The summed E-state index contributed by atoms with van der Waals surface area (Å²) >= 11 is 0. The summed E-state index contributed by atoms with van der Waals surface area (Å²) in [6.07, 6.45) is 5.71. The van der Waals surface area contributed by atoms with E-state index in [1.807, 2.05) is 0 Å². The second-order valence-electron chi connectivity index (χ2n) is 12.7. The Bertz CT molecular complexity index is 1120. The Labute approximate surface area is 228 Å². The van der Waals surface area contributed by atoms with Crippen LogP contribution in [0.1, 0.15) is 46.5 Å². The maximum Gasteiger partial charge on any atom is 0.261 e. The third-order valence-electron chi connectivity index (χ3n) is 9.94. The lowest BCUT2D eigenvalue weighted by Gasteiger charge is -2.44. The number of epoxide rings is 1. The molecule has 0 aromatic heterocycles. The van der Waals surface area contributed by atoms with Gasteiger partial charge in [0, 0.05) is 37.6 Å². The molecule has 6 atom stereocenters. The van der Waals surface area contributed by atoms with Crippen LogP contribution in [0.15, 0.2) is 72.3 Å². The van der Waals surface area contributed by atoms with Crippen molar-refractivity contribution < 1.29 is 23.7 Å². The number of hydrogen-bond donors (Lipinski definition) is 1. The van der Waals surface area contributed by atoms with Crippen molar-refractivity contribution in [2.75, 3.05) is 26.9 Å². The molecule has 0 radical (unpaired) electrons. The molecule has 4 bridgehead atoms. The fraction of sp³-hybridized carbons (Fsp3) is 0.562. The maximum absolute atomic E-state index is 10.6. The standard InChI is InChI=1S/C32H42O5Si/c1-30(2,3)38(24-12-7-5-8-13-24,25-14-9-6-10-15-25)36-19-18-31-20-23(21-33)32(22-35-32)27-17-11-16-26(31)28(27)37-29(31)34-4/h5-10,12-16,23,27-29,33H,11,17-22H2,1-4H3/t23-,27-,28+,29+,31-,32+/m0/s1. The summed E-state index contributed by atoms with van der Waals surface area (Å²) in [5.74, 6) is 0.354. The van der Waals surface area contributed by atoms with Gasteiger partial charge in [0.1, 0.15) is 5.60 Å². The summed E-state index contributed by atoms with van der Waals surface area (Å²) in [5.41, 5.74) is 0.780. The number of hydrogen-bond acceptors (Lipinski definition) is 5. The van der Waals surface area contributed by atoms with Crippen LogP contribution in [0.5, 0.6) is 0 Å². The average molecular weight is 535 g/mol. The van der Waals surface area contributed by atoms with Gasteiger partial charge in [-0.05, 0) is 46.7 Å². The van der Waals surface area contributed by atoms with Gasteiger partial charge in [-0.15, -0.1) is 0 Å². The first-order valence-corrected chi connectivity index (χ1v) is 16.1. The second kappa shape index (κ2) is 9.68. The quantitative estimate of drug-likeness (QED) is 0.309. The highest BCUT2D eigenvalue weighted by atomic mass is 28.4. The van der Waals surface area contributed by atoms with E-state index in [4.69, 9.17) is 18.6 Å². The van der Waals surface area contributed by atoms with Gasteiger partial charge in [0.05, 0.1) is 12.7 Å². The molecule has 2 aromatic rings. The van der Waals surface area contributed by atoms with Crippen LogP contribution >= 0.6 is 0 Å². The molecule has 3 fully saturated rings. The Hall–Kier alpha value is -1.80. The highest BCUT2D eigenvalue weighted by Crippen LogP contribution is 2.64. The number of benzene rings is 2. The summed E-state index contributed by atoms with van der Waals surface area (Å²) in [6, 6.07) is 21.6. The third kappa shape index (κ3) is 3.83. The maximum atomic E-state index is 10.6. The lowest BCUT2D eigenvalue weighted by Crippen LogP contribution is -2.66. The number of aliphatic hydroxyl groups excluding tert-OH is 1. The molecule has 6 heteroatoms. The number of rotatable bonds is 8. The zero-order valence-corrected chi connectivity index (χ0v) is 24.2. The summed E-state index contributed by atoms with van der Waals surface area (Å²) in [4.78, 5) is 0. The summed E-state index contributed by atoms with van der Waals surface area (Å²) in [6.45, 7) is 8.41. The molecule has 1 saturated carbocycles. The molecule has 2 heterocycles. The van der Waals surface area contributed by atoms with E-state index in [1.165, 1.54) is 15.9 Å². The summed E-state index contributed by atoms with van der Waals surface area (Å²) < 4.78 is 26.2. The van der Waals surface area contributed by atoms with Crippen molar-refractivity contribution in [2.45, 2.75) is 69.5 Å². The van der Waals surface area contributed by atoms with Crippen molar-refractivity contribution in [3.63, 3.8) is 0 Å². The number of ether oxygens (including phenoxy) is 3. The molecule has 0 unspecified atom stereocenters. The molecule has 2 saturated heterocycles. The van der Waals surface area contributed by atoms with Crippen LogP contribution < -0.4 is 10.4 Å². The van der Waals surface area contributed by atoms with E-state index in [2.05, 4.69) is 87.5 Å². The summed E-state index contributed by atoms with van der Waals surface area (Å²) in [5, 5.41) is 13.1. The first-order valence-electron chi connectivity index (χ1n) is 14.2. The largest absolute Gasteiger partial charge is 0.407 e. The number of aliphatic hydroxyl groups is 1. The number of methoxy groups -OCH3 is 1. The van der Waals surface area contributed by atoms with Gasteiger partial charge in [0.15, 0.2) is 6.29 Å². The van der Waals surface area contributed by atoms with Gasteiger partial charge in [-0.25, -0.2) is 0 Å². The molecular weight excluding hydrogens is 492 g/mol. The van der Waals surface area contributed by atoms with Gasteiger partial charge < -0.3 is 23.7 Å². The molecule has 2 aliphatic carbocycles.